The van der Waals surface area contributed by atoms with Crippen molar-refractivity contribution >= 4 is 29.1 Å². The summed E-state index contributed by atoms with van der Waals surface area (Å²) in [5.74, 6) is 1.36. The van der Waals surface area contributed by atoms with Gasteiger partial charge in [0.2, 0.25) is 5.91 Å². The monoisotopic (exact) mass is 401 g/mol. The highest BCUT2D eigenvalue weighted by molar-refractivity contribution is 8.15. The largest absolute Gasteiger partial charge is 0.493 e. The van der Waals surface area contributed by atoms with Gasteiger partial charge < -0.3 is 9.47 Å². The number of ether oxygens (including phenoxy) is 2. The molecule has 2 aromatic rings. The fourth-order valence-electron chi connectivity index (χ4n) is 2.66. The summed E-state index contributed by atoms with van der Waals surface area (Å²) in [6.07, 6.45) is 2.18. The summed E-state index contributed by atoms with van der Waals surface area (Å²) in [5.41, 5.74) is 1.76. The van der Waals surface area contributed by atoms with Crippen LogP contribution in [0.3, 0.4) is 0 Å². The molecule has 0 aliphatic carbocycles. The lowest BCUT2D eigenvalue weighted by molar-refractivity contribution is -0.124. The molecule has 0 aromatic heterocycles. The lowest BCUT2D eigenvalue weighted by Gasteiger charge is -2.15. The Bertz CT molecular complexity index is 900. The van der Waals surface area contributed by atoms with Crippen LogP contribution in [-0.2, 0) is 11.2 Å². The molecule has 1 fully saturated rings. The second-order valence-electron chi connectivity index (χ2n) is 5.95. The van der Waals surface area contributed by atoms with Crippen molar-refractivity contribution in [1.29, 1.82) is 0 Å². The van der Waals surface area contributed by atoms with Crippen molar-refractivity contribution in [1.82, 2.24) is 4.90 Å². The summed E-state index contributed by atoms with van der Waals surface area (Å²) in [5, 5.41) is 8.75. The topological polar surface area (TPSA) is 63.5 Å². The third kappa shape index (κ3) is 4.89. The summed E-state index contributed by atoms with van der Waals surface area (Å²) < 4.78 is 23.5. The van der Waals surface area contributed by atoms with Crippen LogP contribution in [0.4, 0.5) is 4.39 Å². The van der Waals surface area contributed by atoms with Crippen molar-refractivity contribution in [2.75, 3.05) is 26.5 Å². The number of halogens is 1. The first kappa shape index (κ1) is 19.9. The standard InChI is InChI=1S/C20H20FN3O3S/c1-26-17-8-5-14(11-18(17)27-2)9-10-24-19(25)13-28-20(24)23-22-12-15-3-6-16(21)7-4-15/h3-8,11-12H,9-10,13H2,1-2H3/b22-12+,23-20+. The zero-order valence-corrected chi connectivity index (χ0v) is 16.4. The van der Waals surface area contributed by atoms with Gasteiger partial charge in [-0.05, 0) is 41.8 Å². The summed E-state index contributed by atoms with van der Waals surface area (Å²) in [7, 11) is 3.18. The Morgan fingerprint density at radius 3 is 2.61 bits per heavy atom. The van der Waals surface area contributed by atoms with E-state index in [1.807, 2.05) is 18.2 Å². The van der Waals surface area contributed by atoms with Gasteiger partial charge in [-0.25, -0.2) is 4.39 Å². The predicted molar refractivity (Wildman–Crippen MR) is 109 cm³/mol. The fourth-order valence-corrected chi connectivity index (χ4v) is 3.53. The normalized spacial score (nSPS) is 15.6. The summed E-state index contributed by atoms with van der Waals surface area (Å²) in [6, 6.07) is 11.6. The zero-order chi connectivity index (χ0) is 19.9. The Hall–Kier alpha value is -2.87. The highest BCUT2D eigenvalue weighted by Crippen LogP contribution is 2.28. The molecule has 0 unspecified atom stereocenters. The van der Waals surface area contributed by atoms with Gasteiger partial charge in [0.25, 0.3) is 0 Å². The molecule has 0 N–H and O–H groups in total. The van der Waals surface area contributed by atoms with Gasteiger partial charge in [0.05, 0.1) is 26.2 Å². The lowest BCUT2D eigenvalue weighted by Crippen LogP contribution is -2.31. The summed E-state index contributed by atoms with van der Waals surface area (Å²) >= 11 is 1.35. The molecule has 6 nitrogen and oxygen atoms in total. The van der Waals surface area contributed by atoms with Gasteiger partial charge in [0, 0.05) is 6.54 Å². The van der Waals surface area contributed by atoms with Crippen LogP contribution in [-0.4, -0.2) is 48.7 Å². The van der Waals surface area contributed by atoms with E-state index in [4.69, 9.17) is 9.47 Å². The Morgan fingerprint density at radius 2 is 1.89 bits per heavy atom. The van der Waals surface area contributed by atoms with E-state index in [0.717, 1.165) is 11.1 Å². The number of amides is 1. The van der Waals surface area contributed by atoms with Crippen LogP contribution in [0.5, 0.6) is 11.5 Å². The minimum atomic E-state index is -0.304. The van der Waals surface area contributed by atoms with Crippen molar-refractivity contribution < 1.29 is 18.7 Å². The highest BCUT2D eigenvalue weighted by atomic mass is 32.2. The number of hydrogen-bond donors (Lipinski definition) is 0. The number of carbonyl (C=O) groups is 1. The second-order valence-corrected chi connectivity index (χ2v) is 6.89. The number of thioether (sulfide) groups is 1. The molecule has 1 aliphatic heterocycles. The van der Waals surface area contributed by atoms with E-state index in [-0.39, 0.29) is 11.7 Å². The van der Waals surface area contributed by atoms with Gasteiger partial charge in [-0.2, -0.15) is 5.10 Å². The van der Waals surface area contributed by atoms with E-state index < -0.39 is 0 Å². The molecule has 8 heteroatoms. The van der Waals surface area contributed by atoms with Crippen molar-refractivity contribution in [3.05, 3.63) is 59.4 Å². The van der Waals surface area contributed by atoms with Gasteiger partial charge in [0.1, 0.15) is 5.82 Å². The van der Waals surface area contributed by atoms with Gasteiger partial charge in [-0.1, -0.05) is 30.0 Å². The van der Waals surface area contributed by atoms with Crippen molar-refractivity contribution in [2.24, 2.45) is 10.2 Å². The summed E-state index contributed by atoms with van der Waals surface area (Å²) in [4.78, 5) is 13.8. The minimum Gasteiger partial charge on any atom is -0.493 e. The van der Waals surface area contributed by atoms with Crippen LogP contribution >= 0.6 is 11.8 Å². The quantitative estimate of drug-likeness (QED) is 0.527. The highest BCUT2D eigenvalue weighted by Gasteiger charge is 2.28. The first-order chi connectivity index (χ1) is 13.6. The van der Waals surface area contributed by atoms with Gasteiger partial charge >= 0.3 is 0 Å². The zero-order valence-electron chi connectivity index (χ0n) is 15.6. The molecule has 3 rings (SSSR count). The van der Waals surface area contributed by atoms with E-state index in [9.17, 15) is 9.18 Å². The fraction of sp³-hybridized carbons (Fsp3) is 0.250. The lowest BCUT2D eigenvalue weighted by atomic mass is 10.1. The third-order valence-electron chi connectivity index (χ3n) is 4.15. The predicted octanol–water partition coefficient (Wildman–Crippen LogP) is 3.35. The number of amidine groups is 1. The Morgan fingerprint density at radius 1 is 1.14 bits per heavy atom. The second kappa shape index (κ2) is 9.36. The van der Waals surface area contributed by atoms with Crippen LogP contribution < -0.4 is 9.47 Å². The number of nitrogens with zero attached hydrogens (tertiary/aromatic N) is 3. The molecule has 0 atom stereocenters. The molecule has 146 valence electrons. The maximum atomic E-state index is 12.9. The smallest absolute Gasteiger partial charge is 0.239 e. The van der Waals surface area contributed by atoms with Crippen LogP contribution in [0.25, 0.3) is 0 Å². The van der Waals surface area contributed by atoms with Gasteiger partial charge in [-0.15, -0.1) is 5.10 Å². The Balaban J connectivity index is 1.66. The van der Waals surface area contributed by atoms with E-state index in [1.54, 1.807) is 31.3 Å². The van der Waals surface area contributed by atoms with Gasteiger partial charge in [-0.3, -0.25) is 9.69 Å². The van der Waals surface area contributed by atoms with Crippen LogP contribution in [0.2, 0.25) is 0 Å². The summed E-state index contributed by atoms with van der Waals surface area (Å²) in [6.45, 7) is 0.492. The molecular formula is C20H20FN3O3S. The SMILES string of the molecule is COc1ccc(CCN2C(=O)CS/C2=N/N=C/c2ccc(F)cc2)cc1OC. The number of methoxy groups -OCH3 is 2. The molecule has 0 radical (unpaired) electrons. The average Bonchev–Trinajstić information content (AvgIpc) is 3.07. The third-order valence-corrected chi connectivity index (χ3v) is 5.10. The maximum Gasteiger partial charge on any atom is 0.239 e. The molecule has 2 aromatic carbocycles. The van der Waals surface area contributed by atoms with Crippen molar-refractivity contribution in [3.63, 3.8) is 0 Å². The number of rotatable bonds is 7. The van der Waals surface area contributed by atoms with Crippen LogP contribution in [0.15, 0.2) is 52.7 Å². The minimum absolute atomic E-state index is 0.00112. The van der Waals surface area contributed by atoms with E-state index in [1.165, 1.54) is 30.1 Å². The van der Waals surface area contributed by atoms with Crippen molar-refractivity contribution in [3.8, 4) is 11.5 Å². The Labute approximate surface area is 167 Å². The molecule has 0 saturated carbocycles. The molecule has 28 heavy (non-hydrogen) atoms. The number of hydrogen-bond acceptors (Lipinski definition) is 6. The molecular weight excluding hydrogens is 381 g/mol. The molecule has 1 aliphatic rings. The maximum absolute atomic E-state index is 12.9. The molecule has 1 saturated heterocycles. The molecule has 0 spiro atoms. The molecule has 0 bridgehead atoms. The van der Waals surface area contributed by atoms with E-state index in [2.05, 4.69) is 10.2 Å². The van der Waals surface area contributed by atoms with Gasteiger partial charge in [0.15, 0.2) is 16.7 Å². The molecule has 1 heterocycles. The average molecular weight is 401 g/mol. The van der Waals surface area contributed by atoms with E-state index in [0.29, 0.717) is 35.4 Å². The van der Waals surface area contributed by atoms with E-state index >= 15 is 0 Å². The molecule has 1 amide bonds. The number of carbonyl (C=O) groups excluding carboxylic acids is 1. The Kier molecular flexibility index (Phi) is 6.65. The first-order valence-corrected chi connectivity index (χ1v) is 9.60. The van der Waals surface area contributed by atoms with Crippen LogP contribution in [0.1, 0.15) is 11.1 Å². The van der Waals surface area contributed by atoms with Crippen molar-refractivity contribution in [2.45, 2.75) is 6.42 Å². The van der Waals surface area contributed by atoms with Crippen LogP contribution in [0, 0.1) is 5.82 Å². The number of benzene rings is 2. The first-order valence-electron chi connectivity index (χ1n) is 8.61.